The van der Waals surface area contributed by atoms with E-state index in [1.807, 2.05) is 38.1 Å². The Kier molecular flexibility index (Phi) is 8.39. The van der Waals surface area contributed by atoms with Crippen molar-refractivity contribution in [3.8, 4) is 11.5 Å². The minimum atomic E-state index is -0.0665. The molecule has 148 valence electrons. The Hall–Kier alpha value is -2.28. The maximum absolute atomic E-state index is 5.96. The maximum atomic E-state index is 5.96. The van der Waals surface area contributed by atoms with Gasteiger partial charge in [-0.3, -0.25) is 0 Å². The fourth-order valence-electron chi connectivity index (χ4n) is 2.63. The Morgan fingerprint density at radius 2 is 1.96 bits per heavy atom. The van der Waals surface area contributed by atoms with Crippen LogP contribution in [0.4, 0.5) is 0 Å². The third kappa shape index (κ3) is 6.75. The Balaban J connectivity index is 1.87. The molecule has 0 saturated carbocycles. The van der Waals surface area contributed by atoms with Gasteiger partial charge in [-0.25, -0.2) is 9.98 Å². The van der Waals surface area contributed by atoms with Gasteiger partial charge in [0, 0.05) is 24.4 Å². The van der Waals surface area contributed by atoms with Crippen molar-refractivity contribution in [3.05, 3.63) is 39.8 Å². The smallest absolute Gasteiger partial charge is 0.191 e. The molecule has 7 heteroatoms. The van der Waals surface area contributed by atoms with E-state index in [0.717, 1.165) is 47.7 Å². The van der Waals surface area contributed by atoms with Gasteiger partial charge in [0.2, 0.25) is 0 Å². The lowest BCUT2D eigenvalue weighted by molar-refractivity contribution is 0.219. The van der Waals surface area contributed by atoms with E-state index >= 15 is 0 Å². The summed E-state index contributed by atoms with van der Waals surface area (Å²) in [6.07, 6.45) is 0.873. The van der Waals surface area contributed by atoms with Crippen LogP contribution in [0.1, 0.15) is 29.4 Å². The summed E-state index contributed by atoms with van der Waals surface area (Å²) < 4.78 is 11.3. The van der Waals surface area contributed by atoms with E-state index in [-0.39, 0.29) is 6.10 Å². The van der Waals surface area contributed by atoms with Crippen LogP contribution in [-0.2, 0) is 6.42 Å². The zero-order valence-electron chi connectivity index (χ0n) is 16.8. The average Bonchev–Trinajstić information content (AvgIpc) is 2.97. The molecule has 1 atom stereocenters. The van der Waals surface area contributed by atoms with Crippen LogP contribution >= 0.6 is 11.3 Å². The van der Waals surface area contributed by atoms with E-state index in [1.165, 1.54) is 4.88 Å². The highest BCUT2D eigenvalue weighted by Crippen LogP contribution is 2.26. The van der Waals surface area contributed by atoms with E-state index in [4.69, 9.17) is 9.47 Å². The number of thiazole rings is 1. The summed E-state index contributed by atoms with van der Waals surface area (Å²) in [7, 11) is 1.64. The van der Waals surface area contributed by atoms with Gasteiger partial charge < -0.3 is 20.1 Å². The number of ether oxygens (including phenoxy) is 2. The molecule has 0 radical (unpaired) electrons. The number of guanidine groups is 1. The van der Waals surface area contributed by atoms with Crippen LogP contribution in [-0.4, -0.2) is 43.8 Å². The van der Waals surface area contributed by atoms with Gasteiger partial charge in [-0.15, -0.1) is 11.3 Å². The van der Waals surface area contributed by atoms with Gasteiger partial charge in [-0.1, -0.05) is 12.1 Å². The molecular formula is C20H30N4O2S. The van der Waals surface area contributed by atoms with Crippen LogP contribution in [0, 0.1) is 13.8 Å². The molecule has 0 saturated heterocycles. The van der Waals surface area contributed by atoms with Gasteiger partial charge in [0.1, 0.15) is 6.10 Å². The molecule has 2 aromatic rings. The Morgan fingerprint density at radius 3 is 2.59 bits per heavy atom. The van der Waals surface area contributed by atoms with E-state index in [2.05, 4.69) is 34.5 Å². The van der Waals surface area contributed by atoms with Crippen molar-refractivity contribution in [2.24, 2.45) is 4.99 Å². The normalized spacial score (nSPS) is 12.6. The minimum absolute atomic E-state index is 0.0665. The Labute approximate surface area is 166 Å². The second kappa shape index (κ2) is 10.8. The first-order valence-corrected chi connectivity index (χ1v) is 10.1. The quantitative estimate of drug-likeness (QED) is 0.508. The number of hydrogen-bond acceptors (Lipinski definition) is 5. The maximum Gasteiger partial charge on any atom is 0.191 e. The minimum Gasteiger partial charge on any atom is -0.493 e. The predicted octanol–water partition coefficient (Wildman–Crippen LogP) is 3.33. The summed E-state index contributed by atoms with van der Waals surface area (Å²) in [5.74, 6) is 2.26. The summed E-state index contributed by atoms with van der Waals surface area (Å²) >= 11 is 1.76. The second-order valence-corrected chi connectivity index (χ2v) is 7.50. The molecule has 6 nitrogen and oxygen atoms in total. The summed E-state index contributed by atoms with van der Waals surface area (Å²) in [6, 6.07) is 7.65. The van der Waals surface area contributed by atoms with Gasteiger partial charge in [0.05, 0.1) is 24.4 Å². The fourth-order valence-corrected chi connectivity index (χ4v) is 3.57. The van der Waals surface area contributed by atoms with Crippen molar-refractivity contribution < 1.29 is 9.47 Å². The molecule has 0 fully saturated rings. The van der Waals surface area contributed by atoms with Gasteiger partial charge >= 0.3 is 0 Å². The summed E-state index contributed by atoms with van der Waals surface area (Å²) in [5.41, 5.74) is 1.13. The first-order valence-electron chi connectivity index (χ1n) is 9.28. The van der Waals surface area contributed by atoms with Gasteiger partial charge in [0.15, 0.2) is 17.5 Å². The highest BCUT2D eigenvalue weighted by atomic mass is 32.1. The lowest BCUT2D eigenvalue weighted by atomic mass is 10.3. The molecular weight excluding hydrogens is 360 g/mol. The highest BCUT2D eigenvalue weighted by Gasteiger charge is 2.09. The Bertz CT molecular complexity index is 745. The third-order valence-electron chi connectivity index (χ3n) is 3.89. The van der Waals surface area contributed by atoms with Crippen molar-refractivity contribution >= 4 is 17.3 Å². The van der Waals surface area contributed by atoms with E-state index in [1.54, 1.807) is 18.4 Å². The molecule has 0 aliphatic rings. The number of rotatable bonds is 9. The highest BCUT2D eigenvalue weighted by molar-refractivity contribution is 7.11. The molecule has 1 heterocycles. The van der Waals surface area contributed by atoms with E-state index in [9.17, 15) is 0 Å². The largest absolute Gasteiger partial charge is 0.493 e. The van der Waals surface area contributed by atoms with Crippen LogP contribution in [0.5, 0.6) is 11.5 Å². The number of nitrogens with one attached hydrogen (secondary N) is 2. The average molecular weight is 391 g/mol. The van der Waals surface area contributed by atoms with Crippen molar-refractivity contribution in [2.75, 3.05) is 26.7 Å². The lowest BCUT2D eigenvalue weighted by Gasteiger charge is -2.16. The third-order valence-corrected chi connectivity index (χ3v) is 5.02. The first kappa shape index (κ1) is 21.0. The number of aromatic nitrogens is 1. The SMILES string of the molecule is CCNC(=NCC(C)Oc1ccccc1OC)NCCc1sc(C)nc1C. The topological polar surface area (TPSA) is 67.8 Å². The first-order chi connectivity index (χ1) is 13.0. The van der Waals surface area contributed by atoms with Gasteiger partial charge in [-0.05, 0) is 39.8 Å². The molecule has 2 N–H and O–H groups in total. The van der Waals surface area contributed by atoms with Crippen molar-refractivity contribution in [1.82, 2.24) is 15.6 Å². The van der Waals surface area contributed by atoms with E-state index < -0.39 is 0 Å². The summed E-state index contributed by atoms with van der Waals surface area (Å²) in [4.78, 5) is 10.4. The van der Waals surface area contributed by atoms with Crippen LogP contribution < -0.4 is 20.1 Å². The molecule has 0 spiro atoms. The molecule has 2 rings (SSSR count). The number of hydrogen-bond donors (Lipinski definition) is 2. The number of para-hydroxylation sites is 2. The predicted molar refractivity (Wildman–Crippen MR) is 112 cm³/mol. The summed E-state index contributed by atoms with van der Waals surface area (Å²) in [5, 5.41) is 7.78. The molecule has 0 aliphatic heterocycles. The van der Waals surface area contributed by atoms with Crippen LogP contribution in [0.15, 0.2) is 29.3 Å². The Morgan fingerprint density at radius 1 is 1.22 bits per heavy atom. The van der Waals surface area contributed by atoms with Crippen LogP contribution in [0.2, 0.25) is 0 Å². The van der Waals surface area contributed by atoms with Crippen molar-refractivity contribution in [3.63, 3.8) is 0 Å². The molecule has 1 aromatic heterocycles. The molecule has 1 unspecified atom stereocenters. The number of aryl methyl sites for hydroxylation is 2. The van der Waals surface area contributed by atoms with Gasteiger partial charge in [0.25, 0.3) is 0 Å². The number of methoxy groups -OCH3 is 1. The number of benzene rings is 1. The molecule has 0 amide bonds. The molecule has 27 heavy (non-hydrogen) atoms. The van der Waals surface area contributed by atoms with Crippen molar-refractivity contribution in [1.29, 1.82) is 0 Å². The van der Waals surface area contributed by atoms with Crippen molar-refractivity contribution in [2.45, 2.75) is 40.2 Å². The summed E-state index contributed by atoms with van der Waals surface area (Å²) in [6.45, 7) is 10.3. The molecule has 0 bridgehead atoms. The second-order valence-electron chi connectivity index (χ2n) is 6.22. The molecule has 0 aliphatic carbocycles. The van der Waals surface area contributed by atoms with Crippen LogP contribution in [0.25, 0.3) is 0 Å². The standard InChI is InChI=1S/C20H30N4O2S/c1-6-21-20(22-12-11-19-15(3)24-16(4)27-19)23-13-14(2)26-18-10-8-7-9-17(18)25-5/h7-10,14H,6,11-13H2,1-5H3,(H2,21,22,23). The zero-order chi connectivity index (χ0) is 19.6. The zero-order valence-corrected chi connectivity index (χ0v) is 17.7. The molecule has 1 aromatic carbocycles. The van der Waals surface area contributed by atoms with E-state index in [0.29, 0.717) is 6.54 Å². The number of nitrogens with zero attached hydrogens (tertiary/aromatic N) is 2. The fraction of sp³-hybridized carbons (Fsp3) is 0.500. The van der Waals surface area contributed by atoms with Gasteiger partial charge in [-0.2, -0.15) is 0 Å². The number of aliphatic imine (C=N–C) groups is 1. The lowest BCUT2D eigenvalue weighted by Crippen LogP contribution is -2.39. The van der Waals surface area contributed by atoms with Crippen LogP contribution in [0.3, 0.4) is 0 Å². The monoisotopic (exact) mass is 390 g/mol.